The minimum absolute atomic E-state index is 0.0750. The van der Waals surface area contributed by atoms with E-state index in [0.717, 1.165) is 42.5 Å². The van der Waals surface area contributed by atoms with Gasteiger partial charge in [-0.05, 0) is 37.8 Å². The maximum absolute atomic E-state index is 12.6. The molecule has 0 atom stereocenters. The molecule has 32 heavy (non-hydrogen) atoms. The highest BCUT2D eigenvalue weighted by Gasteiger charge is 2.30. The van der Waals surface area contributed by atoms with Crippen LogP contribution in [0.5, 0.6) is 5.75 Å². The summed E-state index contributed by atoms with van der Waals surface area (Å²) in [4.78, 5) is 12.6. The van der Waals surface area contributed by atoms with Crippen molar-refractivity contribution in [2.75, 3.05) is 11.1 Å². The summed E-state index contributed by atoms with van der Waals surface area (Å²) in [6.45, 7) is 0.278. The van der Waals surface area contributed by atoms with Gasteiger partial charge in [-0.15, -0.1) is 10.2 Å². The number of nitrogens with one attached hydrogen (secondary N) is 1. The average Bonchev–Trinajstić information content (AvgIpc) is 3.18. The van der Waals surface area contributed by atoms with Crippen LogP contribution in [0.2, 0.25) is 5.02 Å². The Morgan fingerprint density at radius 1 is 1.12 bits per heavy atom. The molecule has 5 rings (SSSR count). The minimum atomic E-state index is -0.0750. The molecule has 2 aliphatic carbocycles. The first-order valence-electron chi connectivity index (χ1n) is 11.0. The predicted octanol–water partition coefficient (Wildman–Crippen LogP) is 4.89. The number of thioether (sulfide) groups is 1. The highest BCUT2D eigenvalue weighted by atomic mass is 35.5. The summed E-state index contributed by atoms with van der Waals surface area (Å²) < 4.78 is 9.90. The molecule has 2 aliphatic rings. The summed E-state index contributed by atoms with van der Waals surface area (Å²) >= 11 is 7.58. The SMILES string of the molecule is O=C(CSc1nnc(COc2ccccc2Cl)n1C1CC1)Nc1ccnn1C1CCCC1. The molecule has 10 heteroatoms. The monoisotopic (exact) mass is 472 g/mol. The van der Waals surface area contributed by atoms with Crippen LogP contribution >= 0.6 is 23.4 Å². The van der Waals surface area contributed by atoms with Crippen LogP contribution in [-0.4, -0.2) is 36.2 Å². The Kier molecular flexibility index (Phi) is 6.36. The second kappa shape index (κ2) is 9.54. The summed E-state index contributed by atoms with van der Waals surface area (Å²) in [5.74, 6) is 2.31. The van der Waals surface area contributed by atoms with Crippen LogP contribution in [0.3, 0.4) is 0 Å². The molecule has 1 aromatic carbocycles. The van der Waals surface area contributed by atoms with Crippen LogP contribution in [0.4, 0.5) is 5.82 Å². The van der Waals surface area contributed by atoms with Crippen molar-refractivity contribution in [1.82, 2.24) is 24.5 Å². The molecule has 0 saturated heterocycles. The van der Waals surface area contributed by atoms with Gasteiger partial charge < -0.3 is 10.1 Å². The summed E-state index contributed by atoms with van der Waals surface area (Å²) in [5.41, 5.74) is 0. The number of carbonyl (C=O) groups is 1. The van der Waals surface area contributed by atoms with Gasteiger partial charge in [-0.25, -0.2) is 4.68 Å². The number of aromatic nitrogens is 5. The zero-order valence-corrected chi connectivity index (χ0v) is 19.2. The number of rotatable bonds is 9. The molecule has 0 aliphatic heterocycles. The van der Waals surface area contributed by atoms with Crippen LogP contribution in [-0.2, 0) is 11.4 Å². The number of anilines is 1. The molecule has 1 N–H and O–H groups in total. The molecule has 0 spiro atoms. The summed E-state index contributed by atoms with van der Waals surface area (Å²) in [6, 6.07) is 9.97. The van der Waals surface area contributed by atoms with Gasteiger partial charge in [0.2, 0.25) is 5.91 Å². The number of nitrogens with zero attached hydrogens (tertiary/aromatic N) is 5. The lowest BCUT2D eigenvalue weighted by atomic mass is 10.2. The van der Waals surface area contributed by atoms with Gasteiger partial charge in [-0.2, -0.15) is 5.10 Å². The van der Waals surface area contributed by atoms with Crippen LogP contribution in [0.1, 0.15) is 56.4 Å². The predicted molar refractivity (Wildman–Crippen MR) is 123 cm³/mol. The van der Waals surface area contributed by atoms with E-state index < -0.39 is 0 Å². The third kappa shape index (κ3) is 4.78. The first-order chi connectivity index (χ1) is 15.7. The van der Waals surface area contributed by atoms with Gasteiger partial charge in [-0.3, -0.25) is 9.36 Å². The highest BCUT2D eigenvalue weighted by molar-refractivity contribution is 7.99. The zero-order chi connectivity index (χ0) is 21.9. The van der Waals surface area contributed by atoms with E-state index in [1.54, 1.807) is 12.3 Å². The van der Waals surface area contributed by atoms with Crippen LogP contribution in [0, 0.1) is 0 Å². The standard InChI is InChI=1S/C22H25ClN6O2S/c23-17-7-3-4-8-18(17)31-13-20-26-27-22(28(20)15-9-10-15)32-14-21(30)25-19-11-12-24-29(19)16-5-1-2-6-16/h3-4,7-8,11-12,15-16H,1-2,5-6,9-10,13-14H2,(H,25,30). The fraction of sp³-hybridized carbons (Fsp3) is 0.455. The number of halogens is 1. The van der Waals surface area contributed by atoms with E-state index in [2.05, 4.69) is 25.2 Å². The van der Waals surface area contributed by atoms with E-state index in [-0.39, 0.29) is 18.3 Å². The summed E-state index contributed by atoms with van der Waals surface area (Å²) in [5, 5.41) is 17.4. The van der Waals surface area contributed by atoms with Crippen LogP contribution < -0.4 is 10.1 Å². The van der Waals surface area contributed by atoms with Crippen molar-refractivity contribution < 1.29 is 9.53 Å². The van der Waals surface area contributed by atoms with Crippen molar-refractivity contribution in [2.45, 2.75) is 62.4 Å². The quantitative estimate of drug-likeness (QED) is 0.446. The maximum Gasteiger partial charge on any atom is 0.235 e. The Bertz CT molecular complexity index is 1090. The molecule has 2 fully saturated rings. The Balaban J connectivity index is 1.21. The van der Waals surface area contributed by atoms with Crippen molar-refractivity contribution in [1.29, 1.82) is 0 Å². The van der Waals surface area contributed by atoms with Gasteiger partial charge in [0.05, 0.1) is 23.0 Å². The molecule has 8 nitrogen and oxygen atoms in total. The van der Waals surface area contributed by atoms with E-state index in [1.165, 1.54) is 24.6 Å². The molecule has 0 unspecified atom stereocenters. The molecule has 0 radical (unpaired) electrons. The van der Waals surface area contributed by atoms with Crippen LogP contribution in [0.25, 0.3) is 0 Å². The average molecular weight is 473 g/mol. The van der Waals surface area contributed by atoms with Gasteiger partial charge in [0, 0.05) is 12.1 Å². The van der Waals surface area contributed by atoms with Crippen LogP contribution in [0.15, 0.2) is 41.7 Å². The number of ether oxygens (including phenoxy) is 1. The third-order valence-corrected chi connectivity index (χ3v) is 7.04. The normalized spacial score (nSPS) is 16.4. The second-order valence-corrected chi connectivity index (χ2v) is 9.50. The number of para-hydroxylation sites is 1. The van der Waals surface area contributed by atoms with E-state index in [4.69, 9.17) is 16.3 Å². The molecule has 2 aromatic heterocycles. The molecule has 2 saturated carbocycles. The Morgan fingerprint density at radius 3 is 2.72 bits per heavy atom. The lowest BCUT2D eigenvalue weighted by Gasteiger charge is -2.14. The van der Waals surface area contributed by atoms with Gasteiger partial charge in [0.1, 0.15) is 18.2 Å². The summed E-state index contributed by atoms with van der Waals surface area (Å²) in [7, 11) is 0. The maximum atomic E-state index is 12.6. The number of carbonyl (C=O) groups excluding carboxylic acids is 1. The first-order valence-corrected chi connectivity index (χ1v) is 12.3. The number of hydrogen-bond donors (Lipinski definition) is 1. The van der Waals surface area contributed by atoms with Gasteiger partial charge in [-0.1, -0.05) is 48.3 Å². The van der Waals surface area contributed by atoms with Crippen molar-refractivity contribution >= 4 is 35.1 Å². The highest BCUT2D eigenvalue weighted by Crippen LogP contribution is 2.39. The van der Waals surface area contributed by atoms with Gasteiger partial charge in [0.25, 0.3) is 0 Å². The van der Waals surface area contributed by atoms with Gasteiger partial charge in [0.15, 0.2) is 11.0 Å². The fourth-order valence-electron chi connectivity index (χ4n) is 4.07. The Morgan fingerprint density at radius 2 is 1.94 bits per heavy atom. The molecule has 2 heterocycles. The van der Waals surface area contributed by atoms with E-state index in [0.29, 0.717) is 22.9 Å². The molecule has 0 bridgehead atoms. The molecular weight excluding hydrogens is 448 g/mol. The second-order valence-electron chi connectivity index (χ2n) is 8.16. The molecular formula is C22H25ClN6O2S. The number of amides is 1. The molecule has 3 aromatic rings. The lowest BCUT2D eigenvalue weighted by molar-refractivity contribution is -0.113. The molecule has 168 valence electrons. The largest absolute Gasteiger partial charge is 0.484 e. The summed E-state index contributed by atoms with van der Waals surface area (Å²) in [6.07, 6.45) is 8.57. The third-order valence-electron chi connectivity index (χ3n) is 5.78. The number of hydrogen-bond acceptors (Lipinski definition) is 6. The minimum Gasteiger partial charge on any atom is -0.484 e. The topological polar surface area (TPSA) is 86.9 Å². The van der Waals surface area contributed by atoms with Crippen molar-refractivity contribution in [3.63, 3.8) is 0 Å². The zero-order valence-electron chi connectivity index (χ0n) is 17.6. The van der Waals surface area contributed by atoms with Crippen molar-refractivity contribution in [3.05, 3.63) is 47.4 Å². The Labute approximate surface area is 195 Å². The smallest absolute Gasteiger partial charge is 0.235 e. The fourth-order valence-corrected chi connectivity index (χ4v) is 5.08. The number of benzene rings is 1. The van der Waals surface area contributed by atoms with E-state index in [9.17, 15) is 4.79 Å². The molecule has 1 amide bonds. The first kappa shape index (κ1) is 21.3. The lowest BCUT2D eigenvalue weighted by Crippen LogP contribution is -2.19. The van der Waals surface area contributed by atoms with Gasteiger partial charge >= 0.3 is 0 Å². The Hall–Kier alpha value is -2.52. The van der Waals surface area contributed by atoms with Crippen molar-refractivity contribution in [2.24, 2.45) is 0 Å². The van der Waals surface area contributed by atoms with E-state index >= 15 is 0 Å². The van der Waals surface area contributed by atoms with E-state index in [1.807, 2.05) is 28.9 Å². The van der Waals surface area contributed by atoms with Crippen molar-refractivity contribution in [3.8, 4) is 5.75 Å².